The fraction of sp³-hybridized carbons (Fsp3) is 0.429. The van der Waals surface area contributed by atoms with Crippen LogP contribution in [0.1, 0.15) is 32.2 Å². The van der Waals surface area contributed by atoms with Gasteiger partial charge in [-0.3, -0.25) is 14.4 Å². The van der Waals surface area contributed by atoms with Crippen molar-refractivity contribution in [2.24, 2.45) is 7.05 Å². The summed E-state index contributed by atoms with van der Waals surface area (Å²) in [4.78, 5) is 39.2. The monoisotopic (exact) mass is 395 g/mol. The van der Waals surface area contributed by atoms with Gasteiger partial charge in [0.15, 0.2) is 0 Å². The number of carbonyl (C=O) groups is 2. The Morgan fingerprint density at radius 2 is 2.03 bits per heavy atom. The molecule has 1 aromatic carbocycles. The Bertz CT molecular complexity index is 1150. The van der Waals surface area contributed by atoms with Crippen LogP contribution in [0.25, 0.3) is 21.8 Å². The predicted molar refractivity (Wildman–Crippen MR) is 111 cm³/mol. The summed E-state index contributed by atoms with van der Waals surface area (Å²) >= 11 is 0. The zero-order valence-corrected chi connectivity index (χ0v) is 16.7. The number of hydrogen-bond donors (Lipinski definition) is 1. The fourth-order valence-corrected chi connectivity index (χ4v) is 4.08. The Hall–Kier alpha value is -3.16. The average Bonchev–Trinajstić information content (AvgIpc) is 3.28. The Morgan fingerprint density at radius 1 is 1.24 bits per heavy atom. The summed E-state index contributed by atoms with van der Waals surface area (Å²) in [6.07, 6.45) is 3.93. The molecule has 4 rings (SSSR count). The molecular weight excluding hydrogens is 370 g/mol. The van der Waals surface area contributed by atoms with Gasteiger partial charge in [-0.2, -0.15) is 5.10 Å². The van der Waals surface area contributed by atoms with Gasteiger partial charge >= 0.3 is 0 Å². The number of para-hydroxylation sites is 1. The van der Waals surface area contributed by atoms with E-state index in [-0.39, 0.29) is 17.4 Å². The number of benzene rings is 1. The van der Waals surface area contributed by atoms with E-state index in [0.29, 0.717) is 31.4 Å². The van der Waals surface area contributed by atoms with Crippen molar-refractivity contribution in [1.29, 1.82) is 0 Å². The van der Waals surface area contributed by atoms with Gasteiger partial charge in [-0.25, -0.2) is 4.68 Å². The summed E-state index contributed by atoms with van der Waals surface area (Å²) in [6, 6.07) is 7.10. The lowest BCUT2D eigenvalue weighted by Gasteiger charge is -2.18. The van der Waals surface area contributed by atoms with Crippen molar-refractivity contribution >= 4 is 33.6 Å². The van der Waals surface area contributed by atoms with Gasteiger partial charge in [-0.05, 0) is 25.8 Å². The van der Waals surface area contributed by atoms with E-state index in [1.807, 2.05) is 29.2 Å². The van der Waals surface area contributed by atoms with E-state index in [1.165, 1.54) is 4.68 Å². The van der Waals surface area contributed by atoms with Crippen molar-refractivity contribution in [3.05, 3.63) is 40.8 Å². The molecule has 1 unspecified atom stereocenters. The molecule has 0 bridgehead atoms. The topological polar surface area (TPSA) is 89.2 Å². The summed E-state index contributed by atoms with van der Waals surface area (Å²) in [5.41, 5.74) is 1.08. The minimum absolute atomic E-state index is 0.153. The van der Waals surface area contributed by atoms with Crippen molar-refractivity contribution in [3.8, 4) is 0 Å². The number of aryl methyl sites for hydroxylation is 1. The Morgan fingerprint density at radius 3 is 2.79 bits per heavy atom. The van der Waals surface area contributed by atoms with E-state index in [1.54, 1.807) is 24.7 Å². The first-order chi connectivity index (χ1) is 14.0. The van der Waals surface area contributed by atoms with Gasteiger partial charge in [0.25, 0.3) is 5.56 Å². The highest BCUT2D eigenvalue weighted by Gasteiger charge is 2.23. The molecule has 1 atom stereocenters. The molecule has 152 valence electrons. The minimum atomic E-state index is -0.555. The second kappa shape index (κ2) is 7.69. The van der Waals surface area contributed by atoms with Gasteiger partial charge in [0.05, 0.1) is 11.7 Å². The van der Waals surface area contributed by atoms with Crippen LogP contribution < -0.4 is 10.9 Å². The fourth-order valence-electron chi connectivity index (χ4n) is 4.08. The number of likely N-dealkylation sites (tertiary alicyclic amines) is 1. The largest absolute Gasteiger partial charge is 0.354 e. The number of hydrogen-bond acceptors (Lipinski definition) is 4. The third-order valence-electron chi connectivity index (χ3n) is 5.65. The van der Waals surface area contributed by atoms with Crippen molar-refractivity contribution < 1.29 is 9.59 Å². The van der Waals surface area contributed by atoms with E-state index in [2.05, 4.69) is 10.4 Å². The normalized spacial score (nSPS) is 15.4. The molecule has 1 aliphatic rings. The molecule has 2 amide bonds. The number of amides is 2. The maximum atomic E-state index is 12.8. The van der Waals surface area contributed by atoms with Gasteiger partial charge in [0, 0.05) is 43.9 Å². The zero-order chi connectivity index (χ0) is 20.5. The Kier molecular flexibility index (Phi) is 5.08. The molecule has 0 saturated carbocycles. The number of nitrogens with one attached hydrogen (secondary N) is 1. The summed E-state index contributed by atoms with van der Waals surface area (Å²) in [6.45, 7) is 3.76. The molecule has 8 nitrogen and oxygen atoms in total. The van der Waals surface area contributed by atoms with Crippen LogP contribution in [0, 0.1) is 0 Å². The SMILES string of the molecule is CC(C(=O)NCCCN1CCCC1=O)n1c2ccccc2c2cnn(C)c(=O)c21. The number of nitrogens with zero attached hydrogens (tertiary/aromatic N) is 4. The third kappa shape index (κ3) is 3.39. The lowest BCUT2D eigenvalue weighted by Crippen LogP contribution is -2.35. The van der Waals surface area contributed by atoms with Crippen LogP contribution in [-0.4, -0.2) is 50.7 Å². The quantitative estimate of drug-likeness (QED) is 0.642. The van der Waals surface area contributed by atoms with E-state index < -0.39 is 6.04 Å². The van der Waals surface area contributed by atoms with Crippen LogP contribution in [0.5, 0.6) is 0 Å². The second-order valence-electron chi connectivity index (χ2n) is 7.53. The van der Waals surface area contributed by atoms with Gasteiger partial charge in [-0.1, -0.05) is 18.2 Å². The highest BCUT2D eigenvalue weighted by atomic mass is 16.2. The second-order valence-corrected chi connectivity index (χ2v) is 7.53. The van der Waals surface area contributed by atoms with E-state index in [0.717, 1.165) is 29.3 Å². The molecule has 1 aliphatic heterocycles. The molecule has 1 N–H and O–H groups in total. The van der Waals surface area contributed by atoms with Gasteiger partial charge < -0.3 is 14.8 Å². The van der Waals surface area contributed by atoms with Crippen molar-refractivity contribution in [2.75, 3.05) is 19.6 Å². The molecule has 3 aromatic rings. The van der Waals surface area contributed by atoms with Crippen molar-refractivity contribution in [1.82, 2.24) is 24.6 Å². The van der Waals surface area contributed by atoms with E-state index in [9.17, 15) is 14.4 Å². The first-order valence-corrected chi connectivity index (χ1v) is 9.99. The molecule has 1 saturated heterocycles. The summed E-state index contributed by atoms with van der Waals surface area (Å²) in [5.74, 6) is 0.0405. The zero-order valence-electron chi connectivity index (χ0n) is 16.7. The molecule has 0 aliphatic carbocycles. The van der Waals surface area contributed by atoms with E-state index in [4.69, 9.17) is 0 Å². The smallest absolute Gasteiger partial charge is 0.291 e. The van der Waals surface area contributed by atoms with Gasteiger partial charge in [0.1, 0.15) is 11.6 Å². The molecule has 0 spiro atoms. The maximum Gasteiger partial charge on any atom is 0.291 e. The molecular formula is C21H25N5O3. The van der Waals surface area contributed by atoms with Gasteiger partial charge in [-0.15, -0.1) is 0 Å². The average molecular weight is 395 g/mol. The lowest BCUT2D eigenvalue weighted by atomic mass is 10.2. The summed E-state index contributed by atoms with van der Waals surface area (Å²) in [5, 5.41) is 8.74. The molecule has 8 heteroatoms. The van der Waals surface area contributed by atoms with E-state index >= 15 is 0 Å². The number of fused-ring (bicyclic) bond motifs is 3. The molecule has 3 heterocycles. The number of carbonyl (C=O) groups excluding carboxylic acids is 2. The summed E-state index contributed by atoms with van der Waals surface area (Å²) < 4.78 is 3.09. The van der Waals surface area contributed by atoms with Crippen LogP contribution in [0.15, 0.2) is 35.3 Å². The molecule has 0 radical (unpaired) electrons. The highest BCUT2D eigenvalue weighted by Crippen LogP contribution is 2.29. The summed E-state index contributed by atoms with van der Waals surface area (Å²) in [7, 11) is 1.61. The van der Waals surface area contributed by atoms with Gasteiger partial charge in [0.2, 0.25) is 11.8 Å². The lowest BCUT2D eigenvalue weighted by molar-refractivity contribution is -0.127. The first-order valence-electron chi connectivity index (χ1n) is 9.99. The first kappa shape index (κ1) is 19.2. The number of rotatable bonds is 6. The Labute approximate surface area is 168 Å². The van der Waals surface area contributed by atoms with Crippen LogP contribution in [0.3, 0.4) is 0 Å². The van der Waals surface area contributed by atoms with Crippen molar-refractivity contribution in [2.45, 2.75) is 32.2 Å². The van der Waals surface area contributed by atoms with Crippen LogP contribution in [0.2, 0.25) is 0 Å². The maximum absolute atomic E-state index is 12.8. The highest BCUT2D eigenvalue weighted by molar-refractivity contribution is 6.08. The molecule has 1 fully saturated rings. The van der Waals surface area contributed by atoms with Crippen LogP contribution in [-0.2, 0) is 16.6 Å². The van der Waals surface area contributed by atoms with Crippen LogP contribution in [0.4, 0.5) is 0 Å². The Balaban J connectivity index is 1.56. The third-order valence-corrected chi connectivity index (χ3v) is 5.65. The minimum Gasteiger partial charge on any atom is -0.354 e. The molecule has 29 heavy (non-hydrogen) atoms. The standard InChI is InChI=1S/C21H25N5O3/c1-14(20(28)22-10-6-12-25-11-5-9-18(25)27)26-17-8-4-3-7-15(17)16-13-23-24(2)21(29)19(16)26/h3-4,7-8,13-14H,5-6,9-12H2,1-2H3,(H,22,28). The molecule has 2 aromatic heterocycles. The van der Waals surface area contributed by atoms with Crippen molar-refractivity contribution in [3.63, 3.8) is 0 Å². The number of aromatic nitrogens is 3. The van der Waals surface area contributed by atoms with Crippen LogP contribution >= 0.6 is 0 Å². The predicted octanol–water partition coefficient (Wildman–Crippen LogP) is 1.58.